The summed E-state index contributed by atoms with van der Waals surface area (Å²) in [7, 11) is 3.69. The van der Waals surface area contributed by atoms with Crippen LogP contribution in [0.2, 0.25) is 0 Å². The molecule has 25 heavy (non-hydrogen) atoms. The maximum Gasteiger partial charge on any atom is 0.0557 e. The van der Waals surface area contributed by atoms with Crippen molar-refractivity contribution in [2.75, 3.05) is 32.5 Å². The van der Waals surface area contributed by atoms with Crippen LogP contribution < -0.4 is 5.32 Å². The topological polar surface area (TPSA) is 43.2 Å². The van der Waals surface area contributed by atoms with Crippen LogP contribution in [0.25, 0.3) is 0 Å². The molecule has 1 aromatic rings. The van der Waals surface area contributed by atoms with Crippen LogP contribution in [0.5, 0.6) is 0 Å². The van der Waals surface area contributed by atoms with E-state index in [9.17, 15) is 0 Å². The molecule has 1 aromatic carbocycles. The third-order valence-electron chi connectivity index (χ3n) is 5.59. The Kier molecular flexibility index (Phi) is 6.08. The zero-order chi connectivity index (χ0) is 17.6. The predicted molar refractivity (Wildman–Crippen MR) is 103 cm³/mol. The van der Waals surface area contributed by atoms with Crippen LogP contribution in [-0.2, 0) is 6.54 Å². The Morgan fingerprint density at radius 2 is 1.84 bits per heavy atom. The van der Waals surface area contributed by atoms with Crippen molar-refractivity contribution in [3.05, 3.63) is 42.1 Å². The molecule has 136 valence electrons. The van der Waals surface area contributed by atoms with E-state index < -0.39 is 0 Å². The van der Waals surface area contributed by atoms with Gasteiger partial charge in [0.05, 0.1) is 19.6 Å². The van der Waals surface area contributed by atoms with Crippen molar-refractivity contribution in [3.63, 3.8) is 0 Å². The van der Waals surface area contributed by atoms with Gasteiger partial charge in [0.1, 0.15) is 0 Å². The van der Waals surface area contributed by atoms with Crippen molar-refractivity contribution < 1.29 is 0 Å². The second-order valence-electron chi connectivity index (χ2n) is 7.16. The SMILES string of the molecule is C=C1C(C2CCCCC2)N(Cc2ccc(NC)cc2)CCN1/N=N\C. The van der Waals surface area contributed by atoms with Crippen LogP contribution >= 0.6 is 0 Å². The molecule has 3 rings (SSSR count). The molecule has 1 aliphatic carbocycles. The zero-order valence-electron chi connectivity index (χ0n) is 15.6. The summed E-state index contributed by atoms with van der Waals surface area (Å²) in [5, 5.41) is 13.5. The Hall–Kier alpha value is -1.88. The lowest BCUT2D eigenvalue weighted by Gasteiger charge is -2.46. The summed E-state index contributed by atoms with van der Waals surface area (Å²) in [6.07, 6.45) is 6.66. The van der Waals surface area contributed by atoms with Gasteiger partial charge >= 0.3 is 0 Å². The second kappa shape index (κ2) is 8.48. The van der Waals surface area contributed by atoms with Crippen molar-refractivity contribution in [3.8, 4) is 0 Å². The Morgan fingerprint density at radius 3 is 2.48 bits per heavy atom. The Morgan fingerprint density at radius 1 is 1.12 bits per heavy atom. The quantitative estimate of drug-likeness (QED) is 0.812. The number of anilines is 1. The van der Waals surface area contributed by atoms with Gasteiger partial charge in [0.25, 0.3) is 0 Å². The van der Waals surface area contributed by atoms with Gasteiger partial charge < -0.3 is 5.32 Å². The molecule has 0 radical (unpaired) electrons. The first kappa shape index (κ1) is 17.9. The van der Waals surface area contributed by atoms with Gasteiger partial charge in [-0.15, -0.1) is 0 Å². The first-order valence-electron chi connectivity index (χ1n) is 9.49. The lowest BCUT2D eigenvalue weighted by molar-refractivity contribution is 0.0621. The minimum Gasteiger partial charge on any atom is -0.388 e. The molecule has 1 atom stereocenters. The van der Waals surface area contributed by atoms with E-state index in [1.807, 2.05) is 12.1 Å². The highest BCUT2D eigenvalue weighted by atomic mass is 15.6. The molecule has 1 aliphatic heterocycles. The van der Waals surface area contributed by atoms with E-state index in [2.05, 4.69) is 51.4 Å². The molecule has 0 aromatic heterocycles. The first-order valence-corrected chi connectivity index (χ1v) is 9.49. The molecule has 1 heterocycles. The molecule has 1 saturated heterocycles. The Labute approximate surface area is 151 Å². The van der Waals surface area contributed by atoms with Crippen LogP contribution in [-0.4, -0.2) is 43.1 Å². The average molecular weight is 342 g/mol. The van der Waals surface area contributed by atoms with E-state index >= 15 is 0 Å². The van der Waals surface area contributed by atoms with E-state index in [1.165, 1.54) is 37.7 Å². The molecule has 2 fully saturated rings. The molecule has 0 amide bonds. The fourth-order valence-electron chi connectivity index (χ4n) is 4.29. The number of nitrogens with one attached hydrogen (secondary N) is 1. The van der Waals surface area contributed by atoms with E-state index in [0.717, 1.165) is 31.0 Å². The van der Waals surface area contributed by atoms with Gasteiger partial charge in [-0.2, -0.15) is 5.11 Å². The standard InChI is InChI=1S/C20H31N5/c1-16-20(18-7-5-4-6-8-18)24(13-14-25(16)23-22-3)15-17-9-11-19(21-2)12-10-17/h9-12,18,20-21H,1,4-8,13-15H2,2-3H3/b23-22-. The molecule has 0 spiro atoms. The van der Waals surface area contributed by atoms with Gasteiger partial charge in [-0.3, -0.25) is 4.90 Å². The normalized spacial score (nSPS) is 23.4. The van der Waals surface area contributed by atoms with E-state index in [4.69, 9.17) is 0 Å². The number of hydrogen-bond acceptors (Lipinski definition) is 4. The van der Waals surface area contributed by atoms with Gasteiger partial charge in [0.2, 0.25) is 0 Å². The summed E-state index contributed by atoms with van der Waals surface area (Å²) in [5.41, 5.74) is 3.64. The van der Waals surface area contributed by atoms with Crippen molar-refractivity contribution in [2.45, 2.75) is 44.7 Å². The highest BCUT2D eigenvalue weighted by molar-refractivity contribution is 5.43. The molecule has 5 heteroatoms. The Bertz CT molecular complexity index is 589. The van der Waals surface area contributed by atoms with Crippen LogP contribution in [0.3, 0.4) is 0 Å². The molecular formula is C20H31N5. The number of hydrogen-bond donors (Lipinski definition) is 1. The van der Waals surface area contributed by atoms with Crippen LogP contribution in [0.15, 0.2) is 46.9 Å². The molecule has 1 N–H and O–H groups in total. The van der Waals surface area contributed by atoms with Gasteiger partial charge in [0.15, 0.2) is 0 Å². The fraction of sp³-hybridized carbons (Fsp3) is 0.600. The summed E-state index contributed by atoms with van der Waals surface area (Å²) >= 11 is 0. The van der Waals surface area contributed by atoms with E-state index in [-0.39, 0.29) is 0 Å². The first-order chi connectivity index (χ1) is 12.2. The van der Waals surface area contributed by atoms with Crippen molar-refractivity contribution in [2.24, 2.45) is 16.3 Å². The van der Waals surface area contributed by atoms with Gasteiger partial charge in [-0.1, -0.05) is 43.2 Å². The predicted octanol–water partition coefficient (Wildman–Crippen LogP) is 4.31. The van der Waals surface area contributed by atoms with Crippen molar-refractivity contribution in [1.82, 2.24) is 9.91 Å². The Balaban J connectivity index is 1.78. The van der Waals surface area contributed by atoms with Gasteiger partial charge in [-0.05, 0) is 36.5 Å². The maximum absolute atomic E-state index is 4.41. The van der Waals surface area contributed by atoms with Gasteiger partial charge in [-0.25, -0.2) is 5.01 Å². The van der Waals surface area contributed by atoms with Crippen molar-refractivity contribution in [1.29, 1.82) is 0 Å². The maximum atomic E-state index is 4.41. The van der Waals surface area contributed by atoms with E-state index in [0.29, 0.717) is 12.0 Å². The summed E-state index contributed by atoms with van der Waals surface area (Å²) in [5.74, 6) is 0.688. The highest BCUT2D eigenvalue weighted by Crippen LogP contribution is 2.36. The number of piperazine rings is 1. The smallest absolute Gasteiger partial charge is 0.0557 e. The van der Waals surface area contributed by atoms with E-state index in [1.54, 1.807) is 7.05 Å². The second-order valence-corrected chi connectivity index (χ2v) is 7.16. The third kappa shape index (κ3) is 4.21. The molecular weight excluding hydrogens is 310 g/mol. The molecule has 2 aliphatic rings. The monoisotopic (exact) mass is 341 g/mol. The molecule has 1 saturated carbocycles. The number of benzene rings is 1. The lowest BCUT2D eigenvalue weighted by atomic mass is 9.81. The number of nitrogens with zero attached hydrogens (tertiary/aromatic N) is 4. The highest BCUT2D eigenvalue weighted by Gasteiger charge is 2.36. The zero-order valence-corrected chi connectivity index (χ0v) is 15.6. The fourth-order valence-corrected chi connectivity index (χ4v) is 4.29. The van der Waals surface area contributed by atoms with Crippen LogP contribution in [0, 0.1) is 5.92 Å². The summed E-state index contributed by atoms with van der Waals surface area (Å²) in [6, 6.07) is 9.14. The third-order valence-corrected chi connectivity index (χ3v) is 5.59. The van der Waals surface area contributed by atoms with Crippen molar-refractivity contribution >= 4 is 5.69 Å². The summed E-state index contributed by atoms with van der Waals surface area (Å²) in [4.78, 5) is 2.61. The molecule has 1 unspecified atom stereocenters. The average Bonchev–Trinajstić information content (AvgIpc) is 2.65. The molecule has 0 bridgehead atoms. The van der Waals surface area contributed by atoms with Gasteiger partial charge in [0, 0.05) is 31.5 Å². The lowest BCUT2D eigenvalue weighted by Crippen LogP contribution is -2.52. The number of rotatable bonds is 5. The minimum atomic E-state index is 0.378. The largest absolute Gasteiger partial charge is 0.388 e. The minimum absolute atomic E-state index is 0.378. The summed E-state index contributed by atoms with van der Waals surface area (Å²) < 4.78 is 0. The van der Waals surface area contributed by atoms with Crippen LogP contribution in [0.1, 0.15) is 37.7 Å². The molecule has 5 nitrogen and oxygen atoms in total. The summed E-state index contributed by atoms with van der Waals surface area (Å²) in [6.45, 7) is 7.26. The van der Waals surface area contributed by atoms with Crippen LogP contribution in [0.4, 0.5) is 5.69 Å².